The molecule has 0 aliphatic rings. The molecule has 9 heteroatoms. The fraction of sp³-hybridized carbons (Fsp3) is 0.400. The van der Waals surface area contributed by atoms with Crippen LogP contribution in [0.2, 0.25) is 0 Å². The molecule has 0 saturated carbocycles. The van der Waals surface area contributed by atoms with Gasteiger partial charge in [0, 0.05) is 14.2 Å². The minimum absolute atomic E-state index is 0.936. The molecule has 19 heavy (non-hydrogen) atoms. The molecule has 0 fully saturated rings. The van der Waals surface area contributed by atoms with Gasteiger partial charge in [-0.25, -0.2) is 4.57 Å². The third kappa shape index (κ3) is 9.43. The summed E-state index contributed by atoms with van der Waals surface area (Å²) in [5, 5.41) is -0.936. The molecule has 1 atom stereocenters. The lowest BCUT2D eigenvalue weighted by atomic mass is 10.4. The smallest absolute Gasteiger partial charge is 0.290 e. The lowest BCUT2D eigenvalue weighted by molar-refractivity contribution is 0.146. The van der Waals surface area contributed by atoms with Crippen molar-refractivity contribution in [2.75, 3.05) is 14.2 Å². The van der Waals surface area contributed by atoms with Crippen molar-refractivity contribution in [1.82, 2.24) is 0 Å². The highest BCUT2D eigenvalue weighted by Gasteiger charge is 2.38. The van der Waals surface area contributed by atoms with Gasteiger partial charge in [-0.05, 0) is 15.9 Å². The molecule has 0 radical (unpaired) electrons. The number of halogens is 4. The summed E-state index contributed by atoms with van der Waals surface area (Å²) >= 11 is 17.0. The Labute approximate surface area is 139 Å². The molecular formula is C10H13Br2Cl2O4P. The lowest BCUT2D eigenvalue weighted by Gasteiger charge is -2.22. The topological polar surface area (TPSA) is 44.8 Å². The third-order valence-corrected chi connectivity index (χ3v) is 6.07. The van der Waals surface area contributed by atoms with Crippen LogP contribution in [0.4, 0.5) is 0 Å². The minimum Gasteiger partial charge on any atom is -0.290 e. The Bertz CT molecular complexity index is 354. The standard InChI is InChI=1S/C6H6.C4H7Br2Cl2O4P/c1-2-4-6-5-3-1;1-10-13(9,11-2)12-3(5)4(6,7)8/h1-6H;3H,1-2H3. The molecule has 0 aliphatic carbocycles. The zero-order chi connectivity index (χ0) is 14.9. The van der Waals surface area contributed by atoms with Crippen LogP contribution in [-0.2, 0) is 18.1 Å². The number of hydrogen-bond donors (Lipinski definition) is 0. The summed E-state index contributed by atoms with van der Waals surface area (Å²) in [6, 6.07) is 12.0. The van der Waals surface area contributed by atoms with Crippen molar-refractivity contribution in [3.8, 4) is 0 Å². The molecule has 1 rings (SSSR count). The van der Waals surface area contributed by atoms with Crippen LogP contribution in [-0.4, -0.2) is 22.5 Å². The first-order chi connectivity index (χ1) is 8.75. The van der Waals surface area contributed by atoms with Crippen LogP contribution in [0.1, 0.15) is 0 Å². The van der Waals surface area contributed by atoms with Crippen LogP contribution in [0.3, 0.4) is 0 Å². The van der Waals surface area contributed by atoms with Crippen LogP contribution in [0.15, 0.2) is 36.4 Å². The van der Waals surface area contributed by atoms with Gasteiger partial charge in [0.2, 0.25) is 3.24 Å². The van der Waals surface area contributed by atoms with Crippen molar-refractivity contribution in [1.29, 1.82) is 0 Å². The number of hydrogen-bond acceptors (Lipinski definition) is 4. The minimum atomic E-state index is -3.58. The molecule has 0 bridgehead atoms. The highest BCUT2D eigenvalue weighted by Crippen LogP contribution is 2.53. The second-order valence-electron chi connectivity index (χ2n) is 2.93. The Hall–Kier alpha value is 0.870. The molecular weight excluding hydrogens is 446 g/mol. The summed E-state index contributed by atoms with van der Waals surface area (Å²) in [5.74, 6) is 0. The van der Waals surface area contributed by atoms with Gasteiger partial charge in [-0.2, -0.15) is 0 Å². The highest BCUT2D eigenvalue weighted by atomic mass is 79.9. The van der Waals surface area contributed by atoms with Crippen LogP contribution >= 0.6 is 62.9 Å². The first kappa shape index (κ1) is 19.9. The first-order valence-corrected chi connectivity index (χ1v) is 8.78. The fourth-order valence-electron chi connectivity index (χ4n) is 0.719. The molecule has 0 aliphatic heterocycles. The zero-order valence-corrected chi connectivity index (χ0v) is 15.7. The van der Waals surface area contributed by atoms with Gasteiger partial charge in [-0.1, -0.05) is 75.5 Å². The van der Waals surface area contributed by atoms with Gasteiger partial charge in [0.15, 0.2) is 5.01 Å². The Kier molecular flexibility index (Phi) is 10.2. The largest absolute Gasteiger partial charge is 0.475 e. The van der Waals surface area contributed by atoms with Gasteiger partial charge >= 0.3 is 7.82 Å². The van der Waals surface area contributed by atoms with Crippen LogP contribution in [0.5, 0.6) is 0 Å². The lowest BCUT2D eigenvalue weighted by Crippen LogP contribution is -2.21. The van der Waals surface area contributed by atoms with E-state index in [4.69, 9.17) is 27.7 Å². The number of alkyl halides is 4. The number of phosphoric acid groups is 1. The molecule has 0 saturated heterocycles. The van der Waals surface area contributed by atoms with Crippen molar-refractivity contribution in [2.45, 2.75) is 8.26 Å². The van der Waals surface area contributed by atoms with E-state index in [1.54, 1.807) is 0 Å². The van der Waals surface area contributed by atoms with Gasteiger partial charge in [-0.15, -0.1) is 0 Å². The van der Waals surface area contributed by atoms with Crippen LogP contribution in [0.25, 0.3) is 0 Å². The van der Waals surface area contributed by atoms with E-state index >= 15 is 0 Å². The van der Waals surface area contributed by atoms with E-state index < -0.39 is 16.1 Å². The van der Waals surface area contributed by atoms with E-state index in [2.05, 4.69) is 40.9 Å². The summed E-state index contributed by atoms with van der Waals surface area (Å²) in [6.07, 6.45) is 0. The van der Waals surface area contributed by atoms with Crippen molar-refractivity contribution < 1.29 is 18.1 Å². The van der Waals surface area contributed by atoms with Gasteiger partial charge in [0.05, 0.1) is 0 Å². The maximum atomic E-state index is 11.4. The average molecular weight is 459 g/mol. The zero-order valence-electron chi connectivity index (χ0n) is 10.1. The molecule has 1 aromatic rings. The highest BCUT2D eigenvalue weighted by molar-refractivity contribution is 9.13. The molecule has 0 N–H and O–H groups in total. The maximum Gasteiger partial charge on any atom is 0.475 e. The van der Waals surface area contributed by atoms with E-state index in [9.17, 15) is 4.57 Å². The summed E-state index contributed by atoms with van der Waals surface area (Å²) in [5.41, 5.74) is 0. The molecule has 1 aromatic carbocycles. The monoisotopic (exact) mass is 456 g/mol. The van der Waals surface area contributed by atoms with E-state index in [1.807, 2.05) is 36.4 Å². The maximum absolute atomic E-state index is 11.4. The Balaban J connectivity index is 0.000000443. The van der Waals surface area contributed by atoms with Crippen molar-refractivity contribution in [3.05, 3.63) is 36.4 Å². The van der Waals surface area contributed by atoms with Crippen molar-refractivity contribution in [2.24, 2.45) is 0 Å². The predicted octanol–water partition coefficient (Wildman–Crippen LogP) is 5.34. The van der Waals surface area contributed by atoms with E-state index in [1.165, 1.54) is 14.2 Å². The Morgan fingerprint density at radius 1 is 1.05 bits per heavy atom. The molecule has 0 heterocycles. The SMILES string of the molecule is COP(=O)(OC)OC(Br)C(Cl)(Cl)Br.c1ccccc1. The summed E-state index contributed by atoms with van der Waals surface area (Å²) in [4.78, 5) is 0. The molecule has 1 unspecified atom stereocenters. The van der Waals surface area contributed by atoms with Crippen molar-refractivity contribution in [3.63, 3.8) is 0 Å². The number of phosphoric ester groups is 1. The van der Waals surface area contributed by atoms with Gasteiger partial charge in [0.25, 0.3) is 0 Å². The molecule has 110 valence electrons. The predicted molar refractivity (Wildman–Crippen MR) is 85.2 cm³/mol. The molecule has 0 aromatic heterocycles. The first-order valence-electron chi connectivity index (χ1n) is 4.86. The van der Waals surface area contributed by atoms with Gasteiger partial charge in [0.1, 0.15) is 0 Å². The molecule has 4 nitrogen and oxygen atoms in total. The second kappa shape index (κ2) is 9.74. The van der Waals surface area contributed by atoms with Gasteiger partial charge in [-0.3, -0.25) is 13.6 Å². The number of benzene rings is 1. The van der Waals surface area contributed by atoms with Crippen LogP contribution < -0.4 is 0 Å². The fourth-order valence-corrected chi connectivity index (χ4v) is 2.49. The third-order valence-electron chi connectivity index (χ3n) is 1.59. The van der Waals surface area contributed by atoms with E-state index in [0.717, 1.165) is 0 Å². The summed E-state index contributed by atoms with van der Waals surface area (Å²) < 4.78 is 23.8. The average Bonchev–Trinajstić information content (AvgIpc) is 2.40. The van der Waals surface area contributed by atoms with Gasteiger partial charge < -0.3 is 0 Å². The quantitative estimate of drug-likeness (QED) is 0.441. The Morgan fingerprint density at radius 3 is 1.58 bits per heavy atom. The second-order valence-corrected chi connectivity index (χ2v) is 9.15. The Morgan fingerprint density at radius 2 is 1.37 bits per heavy atom. The van der Waals surface area contributed by atoms with E-state index in [-0.39, 0.29) is 0 Å². The van der Waals surface area contributed by atoms with Crippen molar-refractivity contribution >= 4 is 62.9 Å². The molecule has 0 amide bonds. The summed E-state index contributed by atoms with van der Waals surface area (Å²) in [6.45, 7) is 0. The van der Waals surface area contributed by atoms with Crippen LogP contribution in [0, 0.1) is 0 Å². The number of rotatable bonds is 5. The summed E-state index contributed by atoms with van der Waals surface area (Å²) in [7, 11) is -1.21. The normalized spacial score (nSPS) is 13.4. The van der Waals surface area contributed by atoms with E-state index in [0.29, 0.717) is 0 Å². The molecule has 0 spiro atoms.